The number of carbonyl (C=O) groups is 1. The number of carboxylic acid groups (broad SMARTS) is 1. The van der Waals surface area contributed by atoms with Gasteiger partial charge in [0, 0.05) is 19.7 Å². The summed E-state index contributed by atoms with van der Waals surface area (Å²) in [5, 5.41) is 9.43. The highest BCUT2D eigenvalue weighted by Gasteiger charge is 2.19. The van der Waals surface area contributed by atoms with Crippen molar-refractivity contribution in [3.63, 3.8) is 0 Å². The monoisotopic (exact) mass is 406 g/mol. The first-order valence-electron chi connectivity index (χ1n) is 8.79. The Balaban J connectivity index is 2.52. The topological polar surface area (TPSA) is 95.9 Å². The molecule has 2 aromatic rings. The number of rotatable bonds is 9. The molecular formula is C20H26N2O5S. The average molecular weight is 407 g/mol. The molecule has 28 heavy (non-hydrogen) atoms. The Morgan fingerprint density at radius 1 is 1.18 bits per heavy atom. The van der Waals surface area contributed by atoms with E-state index in [-0.39, 0.29) is 29.7 Å². The van der Waals surface area contributed by atoms with Crippen molar-refractivity contribution in [2.45, 2.75) is 17.9 Å². The summed E-state index contributed by atoms with van der Waals surface area (Å²) < 4.78 is 32.4. The molecule has 0 radical (unpaired) electrons. The van der Waals surface area contributed by atoms with Crippen LogP contribution in [0.5, 0.6) is 0 Å². The van der Waals surface area contributed by atoms with E-state index in [0.29, 0.717) is 5.56 Å². The molecule has 0 amide bonds. The molecule has 7 nitrogen and oxygen atoms in total. The van der Waals surface area contributed by atoms with Gasteiger partial charge in [-0.15, -0.1) is 0 Å². The normalized spacial score (nSPS) is 12.9. The minimum Gasteiger partial charge on any atom is -0.478 e. The SMILES string of the molecule is COCCNS(=O)(=O)c1cc(C(=O)O)cc(-c2cccc(C(C)N(C)C)c2)c1. The van der Waals surface area contributed by atoms with Crippen LogP contribution >= 0.6 is 0 Å². The van der Waals surface area contributed by atoms with Crippen molar-refractivity contribution < 1.29 is 23.1 Å². The maximum absolute atomic E-state index is 12.6. The first kappa shape index (κ1) is 22.0. The molecule has 0 bridgehead atoms. The smallest absolute Gasteiger partial charge is 0.335 e. The minimum atomic E-state index is -3.86. The molecule has 1 unspecified atom stereocenters. The van der Waals surface area contributed by atoms with Crippen LogP contribution in [0.1, 0.15) is 28.9 Å². The number of carboxylic acids is 1. The van der Waals surface area contributed by atoms with E-state index < -0.39 is 16.0 Å². The molecule has 2 aromatic carbocycles. The van der Waals surface area contributed by atoms with Crippen molar-refractivity contribution in [2.24, 2.45) is 0 Å². The lowest BCUT2D eigenvalue weighted by Crippen LogP contribution is -2.27. The third-order valence-electron chi connectivity index (χ3n) is 4.54. The number of hydrogen-bond donors (Lipinski definition) is 2. The molecular weight excluding hydrogens is 380 g/mol. The summed E-state index contributed by atoms with van der Waals surface area (Å²) in [4.78, 5) is 13.5. The number of aromatic carboxylic acids is 1. The van der Waals surface area contributed by atoms with Crippen LogP contribution in [0.15, 0.2) is 47.4 Å². The van der Waals surface area contributed by atoms with Crippen LogP contribution in [0, 0.1) is 0 Å². The van der Waals surface area contributed by atoms with Gasteiger partial charge in [0.05, 0.1) is 17.1 Å². The van der Waals surface area contributed by atoms with Crippen LogP contribution < -0.4 is 4.72 Å². The largest absolute Gasteiger partial charge is 0.478 e. The van der Waals surface area contributed by atoms with Crippen molar-refractivity contribution in [2.75, 3.05) is 34.4 Å². The minimum absolute atomic E-state index is 0.0873. The van der Waals surface area contributed by atoms with Gasteiger partial charge in [-0.25, -0.2) is 17.9 Å². The van der Waals surface area contributed by atoms with Gasteiger partial charge in [0.1, 0.15) is 0 Å². The Morgan fingerprint density at radius 3 is 2.50 bits per heavy atom. The molecule has 0 fully saturated rings. The van der Waals surface area contributed by atoms with Crippen molar-refractivity contribution in [1.82, 2.24) is 9.62 Å². The zero-order valence-corrected chi connectivity index (χ0v) is 17.3. The van der Waals surface area contributed by atoms with Crippen LogP contribution in [-0.4, -0.2) is 58.8 Å². The highest BCUT2D eigenvalue weighted by atomic mass is 32.2. The lowest BCUT2D eigenvalue weighted by atomic mass is 9.98. The summed E-state index contributed by atoms with van der Waals surface area (Å²) in [6, 6.07) is 11.9. The van der Waals surface area contributed by atoms with Gasteiger partial charge in [-0.05, 0) is 62.0 Å². The molecule has 1 atom stereocenters. The number of nitrogens with one attached hydrogen (secondary N) is 1. The molecule has 0 aliphatic heterocycles. The Kier molecular flexibility index (Phi) is 7.31. The van der Waals surface area contributed by atoms with E-state index in [0.717, 1.165) is 17.2 Å². The Labute approximate surface area is 166 Å². The standard InChI is InChI=1S/C20H26N2O5S/c1-14(22(2)3)15-6-5-7-16(10-15)17-11-18(20(23)24)13-19(12-17)28(25,26)21-8-9-27-4/h5-7,10-14,21H,8-9H2,1-4H3,(H,23,24). The quantitative estimate of drug-likeness (QED) is 0.622. The summed E-state index contributed by atoms with van der Waals surface area (Å²) in [6.07, 6.45) is 0. The molecule has 152 valence electrons. The number of nitrogens with zero attached hydrogens (tertiary/aromatic N) is 1. The van der Waals surface area contributed by atoms with Crippen LogP contribution in [0.2, 0.25) is 0 Å². The summed E-state index contributed by atoms with van der Waals surface area (Å²) in [7, 11) is 1.55. The summed E-state index contributed by atoms with van der Waals surface area (Å²) in [5.74, 6) is -1.19. The zero-order chi connectivity index (χ0) is 20.9. The van der Waals surface area contributed by atoms with Crippen molar-refractivity contribution in [3.05, 3.63) is 53.6 Å². The number of benzene rings is 2. The number of hydrogen-bond acceptors (Lipinski definition) is 5. The van der Waals surface area contributed by atoms with E-state index in [1.54, 1.807) is 0 Å². The van der Waals surface area contributed by atoms with Crippen molar-refractivity contribution in [3.8, 4) is 11.1 Å². The predicted molar refractivity (Wildman–Crippen MR) is 108 cm³/mol. The third kappa shape index (κ3) is 5.39. The fraction of sp³-hybridized carbons (Fsp3) is 0.350. The number of sulfonamides is 1. The third-order valence-corrected chi connectivity index (χ3v) is 5.98. The van der Waals surface area contributed by atoms with Crippen LogP contribution in [-0.2, 0) is 14.8 Å². The van der Waals surface area contributed by atoms with Crippen molar-refractivity contribution in [1.29, 1.82) is 0 Å². The first-order chi connectivity index (χ1) is 13.2. The molecule has 2 rings (SSSR count). The first-order valence-corrected chi connectivity index (χ1v) is 10.3. The van der Waals surface area contributed by atoms with Crippen LogP contribution in [0.4, 0.5) is 0 Å². The van der Waals surface area contributed by atoms with Gasteiger partial charge >= 0.3 is 5.97 Å². The molecule has 0 aromatic heterocycles. The molecule has 0 saturated heterocycles. The van der Waals surface area contributed by atoms with Gasteiger partial charge in [0.15, 0.2) is 0 Å². The molecule has 0 saturated carbocycles. The maximum atomic E-state index is 12.6. The number of ether oxygens (including phenoxy) is 1. The maximum Gasteiger partial charge on any atom is 0.335 e. The molecule has 0 aliphatic carbocycles. The van der Waals surface area contributed by atoms with E-state index in [1.807, 2.05) is 38.4 Å². The highest BCUT2D eigenvalue weighted by Crippen LogP contribution is 2.28. The Bertz CT molecular complexity index is 941. The van der Waals surface area contributed by atoms with Gasteiger partial charge in [0.25, 0.3) is 0 Å². The molecule has 0 spiro atoms. The van der Waals surface area contributed by atoms with E-state index in [1.165, 1.54) is 19.2 Å². The van der Waals surface area contributed by atoms with E-state index in [4.69, 9.17) is 4.74 Å². The summed E-state index contributed by atoms with van der Waals surface area (Å²) in [6.45, 7) is 2.37. The second kappa shape index (κ2) is 9.29. The van der Waals surface area contributed by atoms with E-state index in [9.17, 15) is 18.3 Å². The molecule has 0 aliphatic rings. The van der Waals surface area contributed by atoms with Gasteiger partial charge in [-0.2, -0.15) is 0 Å². The summed E-state index contributed by atoms with van der Waals surface area (Å²) >= 11 is 0. The Hall–Kier alpha value is -2.26. The van der Waals surface area contributed by atoms with Gasteiger partial charge in [-0.3, -0.25) is 0 Å². The summed E-state index contributed by atoms with van der Waals surface area (Å²) in [5.41, 5.74) is 2.24. The second-order valence-electron chi connectivity index (χ2n) is 6.71. The molecule has 0 heterocycles. The van der Waals surface area contributed by atoms with Crippen LogP contribution in [0.3, 0.4) is 0 Å². The molecule has 8 heteroatoms. The molecule has 2 N–H and O–H groups in total. The highest BCUT2D eigenvalue weighted by molar-refractivity contribution is 7.89. The fourth-order valence-corrected chi connectivity index (χ4v) is 3.76. The lowest BCUT2D eigenvalue weighted by Gasteiger charge is -2.21. The average Bonchev–Trinajstić information content (AvgIpc) is 2.67. The van der Waals surface area contributed by atoms with Gasteiger partial charge < -0.3 is 14.7 Å². The lowest BCUT2D eigenvalue weighted by molar-refractivity contribution is 0.0696. The zero-order valence-electron chi connectivity index (χ0n) is 16.5. The van der Waals surface area contributed by atoms with Crippen molar-refractivity contribution >= 4 is 16.0 Å². The fourth-order valence-electron chi connectivity index (χ4n) is 2.68. The number of methoxy groups -OCH3 is 1. The van der Waals surface area contributed by atoms with Gasteiger partial charge in [-0.1, -0.05) is 18.2 Å². The predicted octanol–water partition coefficient (Wildman–Crippen LogP) is 2.60. The van der Waals surface area contributed by atoms with E-state index in [2.05, 4.69) is 16.5 Å². The van der Waals surface area contributed by atoms with E-state index >= 15 is 0 Å². The second-order valence-corrected chi connectivity index (χ2v) is 8.47. The van der Waals surface area contributed by atoms with Gasteiger partial charge in [0.2, 0.25) is 10.0 Å². The Morgan fingerprint density at radius 2 is 1.89 bits per heavy atom. The van der Waals surface area contributed by atoms with Crippen LogP contribution in [0.25, 0.3) is 11.1 Å².